The third kappa shape index (κ3) is 2.04. The zero-order valence-electron chi connectivity index (χ0n) is 10.5. The van der Waals surface area contributed by atoms with E-state index >= 15 is 0 Å². The SMILES string of the molecule is CCOC(=O)c1c(-c2ccc[nH]2)sc2ccccc12. The van der Waals surface area contributed by atoms with Gasteiger partial charge in [0.05, 0.1) is 22.7 Å². The molecule has 0 fully saturated rings. The van der Waals surface area contributed by atoms with Crippen LogP contribution < -0.4 is 0 Å². The van der Waals surface area contributed by atoms with Crippen molar-refractivity contribution in [3.05, 3.63) is 48.2 Å². The van der Waals surface area contributed by atoms with Gasteiger partial charge in [-0.15, -0.1) is 11.3 Å². The van der Waals surface area contributed by atoms with Crippen molar-refractivity contribution in [1.82, 2.24) is 4.98 Å². The fourth-order valence-electron chi connectivity index (χ4n) is 2.11. The van der Waals surface area contributed by atoms with Crippen molar-refractivity contribution in [3.8, 4) is 10.6 Å². The van der Waals surface area contributed by atoms with Crippen LogP contribution in [0, 0.1) is 0 Å². The minimum absolute atomic E-state index is 0.260. The molecule has 0 saturated carbocycles. The first-order valence-electron chi connectivity index (χ1n) is 6.13. The zero-order chi connectivity index (χ0) is 13.2. The van der Waals surface area contributed by atoms with Crippen LogP contribution in [0.5, 0.6) is 0 Å². The summed E-state index contributed by atoms with van der Waals surface area (Å²) in [5.74, 6) is -0.260. The summed E-state index contributed by atoms with van der Waals surface area (Å²) >= 11 is 1.60. The number of aromatic nitrogens is 1. The van der Waals surface area contributed by atoms with E-state index in [9.17, 15) is 4.79 Å². The Balaban J connectivity index is 2.25. The number of H-pyrrole nitrogens is 1. The van der Waals surface area contributed by atoms with E-state index in [1.807, 2.05) is 49.5 Å². The molecule has 96 valence electrons. The molecule has 2 heterocycles. The molecule has 0 bridgehead atoms. The average Bonchev–Trinajstić information content (AvgIpc) is 3.06. The molecule has 3 rings (SSSR count). The fourth-order valence-corrected chi connectivity index (χ4v) is 3.29. The van der Waals surface area contributed by atoms with Gasteiger partial charge in [0.2, 0.25) is 0 Å². The minimum Gasteiger partial charge on any atom is -0.462 e. The molecule has 0 aliphatic carbocycles. The standard InChI is InChI=1S/C15H13NO2S/c1-2-18-15(17)13-10-6-3-4-8-12(10)19-14(13)11-7-5-9-16-11/h3-9,16H,2H2,1H3. The molecule has 1 aromatic carbocycles. The first kappa shape index (κ1) is 12.0. The van der Waals surface area contributed by atoms with Crippen LogP contribution in [-0.2, 0) is 4.74 Å². The molecule has 4 heteroatoms. The number of fused-ring (bicyclic) bond motifs is 1. The lowest BCUT2D eigenvalue weighted by atomic mass is 10.1. The maximum absolute atomic E-state index is 12.2. The summed E-state index contributed by atoms with van der Waals surface area (Å²) in [7, 11) is 0. The fraction of sp³-hybridized carbons (Fsp3) is 0.133. The number of hydrogen-bond donors (Lipinski definition) is 1. The van der Waals surface area contributed by atoms with E-state index in [1.165, 1.54) is 0 Å². The van der Waals surface area contributed by atoms with Crippen molar-refractivity contribution >= 4 is 27.4 Å². The topological polar surface area (TPSA) is 42.1 Å². The second kappa shape index (κ2) is 4.90. The van der Waals surface area contributed by atoms with Crippen LogP contribution in [-0.4, -0.2) is 17.6 Å². The Morgan fingerprint density at radius 3 is 2.84 bits per heavy atom. The van der Waals surface area contributed by atoms with Crippen molar-refractivity contribution in [2.24, 2.45) is 0 Å². The van der Waals surface area contributed by atoms with Crippen molar-refractivity contribution < 1.29 is 9.53 Å². The highest BCUT2D eigenvalue weighted by molar-refractivity contribution is 7.22. The number of benzene rings is 1. The van der Waals surface area contributed by atoms with E-state index in [0.29, 0.717) is 12.2 Å². The highest BCUT2D eigenvalue weighted by Crippen LogP contribution is 2.38. The summed E-state index contributed by atoms with van der Waals surface area (Å²) < 4.78 is 6.28. The number of carbonyl (C=O) groups is 1. The monoisotopic (exact) mass is 271 g/mol. The number of esters is 1. The molecule has 19 heavy (non-hydrogen) atoms. The van der Waals surface area contributed by atoms with Crippen LogP contribution in [0.1, 0.15) is 17.3 Å². The third-order valence-corrected chi connectivity index (χ3v) is 4.12. The van der Waals surface area contributed by atoms with E-state index in [1.54, 1.807) is 11.3 Å². The molecule has 2 aromatic heterocycles. The zero-order valence-corrected chi connectivity index (χ0v) is 11.3. The van der Waals surface area contributed by atoms with E-state index in [-0.39, 0.29) is 5.97 Å². The van der Waals surface area contributed by atoms with Gasteiger partial charge in [0.25, 0.3) is 0 Å². The first-order valence-corrected chi connectivity index (χ1v) is 6.95. The number of carbonyl (C=O) groups excluding carboxylic acids is 1. The molecule has 0 aliphatic rings. The summed E-state index contributed by atoms with van der Waals surface area (Å²) in [6, 6.07) is 11.8. The largest absolute Gasteiger partial charge is 0.462 e. The predicted octanol–water partition coefficient (Wildman–Crippen LogP) is 4.07. The molecule has 0 spiro atoms. The lowest BCUT2D eigenvalue weighted by Gasteiger charge is -2.03. The van der Waals surface area contributed by atoms with Gasteiger partial charge in [-0.25, -0.2) is 4.79 Å². The number of rotatable bonds is 3. The normalized spacial score (nSPS) is 10.8. The Labute approximate surface area is 114 Å². The predicted molar refractivity (Wildman–Crippen MR) is 77.6 cm³/mol. The first-order chi connectivity index (χ1) is 9.31. The van der Waals surface area contributed by atoms with Crippen LogP contribution in [0.4, 0.5) is 0 Å². The molecule has 0 aliphatic heterocycles. The van der Waals surface area contributed by atoms with Gasteiger partial charge in [-0.1, -0.05) is 18.2 Å². The minimum atomic E-state index is -0.260. The molecule has 0 unspecified atom stereocenters. The van der Waals surface area contributed by atoms with Gasteiger partial charge in [-0.2, -0.15) is 0 Å². The molecule has 0 amide bonds. The summed E-state index contributed by atoms with van der Waals surface area (Å²) in [6.45, 7) is 2.20. The van der Waals surface area contributed by atoms with E-state index < -0.39 is 0 Å². The van der Waals surface area contributed by atoms with Crippen LogP contribution >= 0.6 is 11.3 Å². The van der Waals surface area contributed by atoms with Gasteiger partial charge < -0.3 is 9.72 Å². The molecule has 3 nitrogen and oxygen atoms in total. The van der Waals surface area contributed by atoms with Gasteiger partial charge in [0.1, 0.15) is 0 Å². The molecule has 1 N–H and O–H groups in total. The highest BCUT2D eigenvalue weighted by atomic mass is 32.1. The van der Waals surface area contributed by atoms with Gasteiger partial charge in [0.15, 0.2) is 0 Å². The molecule has 0 atom stereocenters. The van der Waals surface area contributed by atoms with Crippen molar-refractivity contribution in [2.45, 2.75) is 6.92 Å². The Hall–Kier alpha value is -2.07. The summed E-state index contributed by atoms with van der Waals surface area (Å²) in [5, 5.41) is 0.954. The molecular formula is C15H13NO2S. The molecule has 0 radical (unpaired) electrons. The van der Waals surface area contributed by atoms with Crippen LogP contribution in [0.25, 0.3) is 20.7 Å². The number of hydrogen-bond acceptors (Lipinski definition) is 3. The Morgan fingerprint density at radius 1 is 1.26 bits per heavy atom. The number of ether oxygens (including phenoxy) is 1. The second-order valence-corrected chi connectivity index (χ2v) is 5.16. The lowest BCUT2D eigenvalue weighted by molar-refractivity contribution is 0.0530. The Morgan fingerprint density at radius 2 is 2.11 bits per heavy atom. The maximum atomic E-state index is 12.2. The van der Waals surface area contributed by atoms with Crippen LogP contribution in [0.3, 0.4) is 0 Å². The summed E-state index contributed by atoms with van der Waals surface area (Å²) in [6.07, 6.45) is 1.86. The summed E-state index contributed by atoms with van der Waals surface area (Å²) in [4.78, 5) is 16.3. The smallest absolute Gasteiger partial charge is 0.340 e. The molecular weight excluding hydrogens is 258 g/mol. The Kier molecular flexibility index (Phi) is 3.09. The van der Waals surface area contributed by atoms with E-state index in [2.05, 4.69) is 4.98 Å². The third-order valence-electron chi connectivity index (χ3n) is 2.92. The van der Waals surface area contributed by atoms with Crippen molar-refractivity contribution in [2.75, 3.05) is 6.61 Å². The number of thiophene rings is 1. The van der Waals surface area contributed by atoms with Gasteiger partial charge >= 0.3 is 5.97 Å². The lowest BCUT2D eigenvalue weighted by Crippen LogP contribution is -2.05. The molecule has 0 saturated heterocycles. The van der Waals surface area contributed by atoms with Crippen LogP contribution in [0.2, 0.25) is 0 Å². The second-order valence-electron chi connectivity index (χ2n) is 4.11. The molecule has 3 aromatic rings. The Bertz CT molecular complexity index is 713. The maximum Gasteiger partial charge on any atom is 0.340 e. The number of nitrogens with one attached hydrogen (secondary N) is 1. The van der Waals surface area contributed by atoms with Gasteiger partial charge in [-0.05, 0) is 25.1 Å². The number of aromatic amines is 1. The van der Waals surface area contributed by atoms with Crippen LogP contribution in [0.15, 0.2) is 42.6 Å². The van der Waals surface area contributed by atoms with E-state index in [0.717, 1.165) is 20.7 Å². The van der Waals surface area contributed by atoms with Crippen molar-refractivity contribution in [3.63, 3.8) is 0 Å². The van der Waals surface area contributed by atoms with Gasteiger partial charge in [-0.3, -0.25) is 0 Å². The average molecular weight is 271 g/mol. The van der Waals surface area contributed by atoms with Crippen molar-refractivity contribution in [1.29, 1.82) is 0 Å². The quantitative estimate of drug-likeness (QED) is 0.729. The highest BCUT2D eigenvalue weighted by Gasteiger charge is 2.21. The van der Waals surface area contributed by atoms with E-state index in [4.69, 9.17) is 4.74 Å². The van der Waals surface area contributed by atoms with Gasteiger partial charge in [0, 0.05) is 16.3 Å². The summed E-state index contributed by atoms with van der Waals surface area (Å²) in [5.41, 5.74) is 1.61.